The largest absolute Gasteiger partial charge is 0.384 e. The Morgan fingerprint density at radius 2 is 2.16 bits per heavy atom. The zero-order chi connectivity index (χ0) is 12.8. The summed E-state index contributed by atoms with van der Waals surface area (Å²) in [6.45, 7) is 0. The van der Waals surface area contributed by atoms with Crippen LogP contribution in [-0.4, -0.2) is 24.7 Å². The van der Waals surface area contributed by atoms with Gasteiger partial charge in [-0.2, -0.15) is 5.10 Å². The summed E-state index contributed by atoms with van der Waals surface area (Å²) >= 11 is 0. The zero-order valence-corrected chi connectivity index (χ0v) is 10.1. The van der Waals surface area contributed by atoms with Gasteiger partial charge in [-0.15, -0.1) is 0 Å². The third-order valence-electron chi connectivity index (χ3n) is 3.25. The Balaban J connectivity index is 1.96. The van der Waals surface area contributed by atoms with Crippen molar-refractivity contribution >= 4 is 16.9 Å². The van der Waals surface area contributed by atoms with Gasteiger partial charge in [-0.05, 0) is 25.0 Å². The van der Waals surface area contributed by atoms with E-state index in [1.807, 2.05) is 10.7 Å². The Bertz CT molecular complexity index is 741. The van der Waals surface area contributed by atoms with Crippen LogP contribution in [0.15, 0.2) is 24.7 Å². The van der Waals surface area contributed by atoms with Crippen molar-refractivity contribution in [1.82, 2.24) is 24.7 Å². The van der Waals surface area contributed by atoms with E-state index in [4.69, 9.17) is 5.73 Å². The maximum absolute atomic E-state index is 5.61. The first kappa shape index (κ1) is 10.4. The first-order valence-electron chi connectivity index (χ1n) is 6.16. The highest BCUT2D eigenvalue weighted by Crippen LogP contribution is 2.38. The quantitative estimate of drug-likeness (QED) is 0.748. The van der Waals surface area contributed by atoms with Crippen LogP contribution < -0.4 is 5.73 Å². The van der Waals surface area contributed by atoms with Crippen LogP contribution in [0.3, 0.4) is 0 Å². The number of fused-ring (bicyclic) bond motifs is 1. The molecule has 0 unspecified atom stereocenters. The lowest BCUT2D eigenvalue weighted by molar-refractivity contribution is 0.660. The van der Waals surface area contributed by atoms with E-state index in [1.54, 1.807) is 12.3 Å². The molecular formula is C13H11N6. The number of nitrogens with zero attached hydrogens (tertiary/aromatic N) is 5. The van der Waals surface area contributed by atoms with Gasteiger partial charge in [-0.25, -0.2) is 19.6 Å². The van der Waals surface area contributed by atoms with Gasteiger partial charge >= 0.3 is 0 Å². The van der Waals surface area contributed by atoms with Gasteiger partial charge in [0.25, 0.3) is 0 Å². The number of aromatic nitrogens is 5. The molecule has 2 N–H and O–H groups in total. The van der Waals surface area contributed by atoms with Crippen LogP contribution >= 0.6 is 0 Å². The maximum Gasteiger partial charge on any atom is 0.162 e. The number of anilines is 1. The van der Waals surface area contributed by atoms with Crippen molar-refractivity contribution in [2.24, 2.45) is 0 Å². The topological polar surface area (TPSA) is 82.5 Å². The number of hydrogen-bond donors (Lipinski definition) is 1. The highest BCUT2D eigenvalue weighted by atomic mass is 15.3. The number of hydrogen-bond acceptors (Lipinski definition) is 5. The van der Waals surface area contributed by atoms with Crippen molar-refractivity contribution in [1.29, 1.82) is 0 Å². The first-order chi connectivity index (χ1) is 9.33. The minimum Gasteiger partial charge on any atom is -0.384 e. The molecule has 0 aliphatic heterocycles. The molecule has 3 aromatic heterocycles. The lowest BCUT2D eigenvalue weighted by Gasteiger charge is -1.97. The summed E-state index contributed by atoms with van der Waals surface area (Å²) in [6.07, 6.45) is 8.51. The second-order valence-electron chi connectivity index (χ2n) is 4.68. The Labute approximate surface area is 109 Å². The van der Waals surface area contributed by atoms with E-state index in [1.165, 1.54) is 6.33 Å². The van der Waals surface area contributed by atoms with Gasteiger partial charge in [0, 0.05) is 11.8 Å². The predicted octanol–water partition coefficient (Wildman–Crippen LogP) is 1.61. The van der Waals surface area contributed by atoms with Gasteiger partial charge < -0.3 is 5.73 Å². The molecular weight excluding hydrogens is 240 g/mol. The summed E-state index contributed by atoms with van der Waals surface area (Å²) in [5, 5.41) is 5.49. The van der Waals surface area contributed by atoms with Crippen LogP contribution in [0.25, 0.3) is 22.3 Å². The molecule has 1 fully saturated rings. The predicted molar refractivity (Wildman–Crippen MR) is 70.1 cm³/mol. The van der Waals surface area contributed by atoms with Crippen LogP contribution in [0.1, 0.15) is 18.9 Å². The molecule has 3 heterocycles. The first-order valence-corrected chi connectivity index (χ1v) is 6.16. The van der Waals surface area contributed by atoms with Gasteiger partial charge in [0.2, 0.25) is 0 Å². The van der Waals surface area contributed by atoms with Crippen LogP contribution in [0.5, 0.6) is 0 Å². The Kier molecular flexibility index (Phi) is 2.05. The number of nitrogens with two attached hydrogens (primary N) is 1. The minimum atomic E-state index is 0.460. The SMILES string of the molecule is Nc1ccc(-c2nn(C3CC3)c3ncn[c]c23)cn1. The molecule has 93 valence electrons. The van der Waals surface area contributed by atoms with Crippen molar-refractivity contribution in [2.45, 2.75) is 18.9 Å². The van der Waals surface area contributed by atoms with Crippen molar-refractivity contribution in [2.75, 3.05) is 5.73 Å². The lowest BCUT2D eigenvalue weighted by Crippen LogP contribution is -1.97. The Morgan fingerprint density at radius 3 is 2.89 bits per heavy atom. The fourth-order valence-electron chi connectivity index (χ4n) is 2.15. The van der Waals surface area contributed by atoms with E-state index in [-0.39, 0.29) is 0 Å². The van der Waals surface area contributed by atoms with E-state index in [2.05, 4.69) is 26.2 Å². The number of nitrogen functional groups attached to an aromatic ring is 1. The van der Waals surface area contributed by atoms with Crippen LogP contribution in [-0.2, 0) is 0 Å². The zero-order valence-electron chi connectivity index (χ0n) is 10.1. The second kappa shape index (κ2) is 3.74. The third-order valence-corrected chi connectivity index (χ3v) is 3.25. The molecule has 1 saturated carbocycles. The van der Waals surface area contributed by atoms with Gasteiger partial charge in [0.05, 0.1) is 11.4 Å². The summed E-state index contributed by atoms with van der Waals surface area (Å²) in [6, 6.07) is 4.13. The highest BCUT2D eigenvalue weighted by Gasteiger charge is 2.28. The van der Waals surface area contributed by atoms with E-state index < -0.39 is 0 Å². The standard InChI is InChI=1S/C13H11N6/c14-11-4-1-8(5-16-11)12-10-6-15-7-17-13(10)19(18-12)9-2-3-9/h1,4-5,7,9H,2-3H2,(H2,14,16). The summed E-state index contributed by atoms with van der Waals surface area (Å²) in [7, 11) is 0. The van der Waals surface area contributed by atoms with Crippen molar-refractivity contribution in [3.8, 4) is 11.3 Å². The lowest BCUT2D eigenvalue weighted by atomic mass is 10.1. The normalized spacial score (nSPS) is 14.9. The average Bonchev–Trinajstić information content (AvgIpc) is 3.21. The second-order valence-corrected chi connectivity index (χ2v) is 4.68. The molecule has 0 saturated heterocycles. The Morgan fingerprint density at radius 1 is 1.26 bits per heavy atom. The smallest absolute Gasteiger partial charge is 0.162 e. The molecule has 1 aliphatic carbocycles. The minimum absolute atomic E-state index is 0.460. The molecule has 3 aromatic rings. The molecule has 0 bridgehead atoms. The van der Waals surface area contributed by atoms with Crippen molar-refractivity contribution < 1.29 is 0 Å². The number of rotatable bonds is 2. The van der Waals surface area contributed by atoms with E-state index in [0.29, 0.717) is 11.9 Å². The van der Waals surface area contributed by atoms with Crippen molar-refractivity contribution in [3.63, 3.8) is 0 Å². The van der Waals surface area contributed by atoms with Gasteiger partial charge in [-0.3, -0.25) is 0 Å². The molecule has 1 radical (unpaired) electrons. The monoisotopic (exact) mass is 251 g/mol. The fraction of sp³-hybridized carbons (Fsp3) is 0.231. The number of pyridine rings is 1. The highest BCUT2D eigenvalue weighted by molar-refractivity contribution is 5.90. The van der Waals surface area contributed by atoms with Crippen LogP contribution in [0.2, 0.25) is 0 Å². The van der Waals surface area contributed by atoms with Gasteiger partial charge in [0.15, 0.2) is 5.65 Å². The molecule has 1 aliphatic rings. The van der Waals surface area contributed by atoms with Crippen LogP contribution in [0.4, 0.5) is 5.82 Å². The summed E-state index contributed by atoms with van der Waals surface area (Å²) in [5.74, 6) is 0.495. The van der Waals surface area contributed by atoms with E-state index in [9.17, 15) is 0 Å². The molecule has 19 heavy (non-hydrogen) atoms. The molecule has 0 amide bonds. The molecule has 0 spiro atoms. The molecule has 4 rings (SSSR count). The summed E-state index contributed by atoms with van der Waals surface area (Å²) in [5.41, 5.74) is 8.17. The molecule has 6 heteroatoms. The molecule has 0 atom stereocenters. The van der Waals surface area contributed by atoms with Crippen LogP contribution in [0, 0.1) is 6.20 Å². The average molecular weight is 251 g/mol. The summed E-state index contributed by atoms with van der Waals surface area (Å²) < 4.78 is 1.97. The van der Waals surface area contributed by atoms with Gasteiger partial charge in [0.1, 0.15) is 24.0 Å². The van der Waals surface area contributed by atoms with E-state index in [0.717, 1.165) is 35.1 Å². The maximum atomic E-state index is 5.61. The molecule has 6 nitrogen and oxygen atoms in total. The third kappa shape index (κ3) is 1.64. The fourth-order valence-corrected chi connectivity index (χ4v) is 2.15. The van der Waals surface area contributed by atoms with Gasteiger partial charge in [-0.1, -0.05) is 0 Å². The summed E-state index contributed by atoms with van der Waals surface area (Å²) in [4.78, 5) is 12.4. The Hall–Kier alpha value is -2.50. The van der Waals surface area contributed by atoms with Crippen molar-refractivity contribution in [3.05, 3.63) is 30.9 Å². The molecule has 0 aromatic carbocycles. The van der Waals surface area contributed by atoms with E-state index >= 15 is 0 Å².